The minimum Gasteiger partial charge on any atom is -0.505 e. The molecule has 20 heavy (non-hydrogen) atoms. The third-order valence-corrected chi connectivity index (χ3v) is 4.10. The van der Waals surface area contributed by atoms with Gasteiger partial charge in [-0.05, 0) is 19.4 Å². The normalized spacial score (nSPS) is 21.7. The summed E-state index contributed by atoms with van der Waals surface area (Å²) >= 11 is 1.06. The largest absolute Gasteiger partial charge is 0.505 e. The molecule has 4 nitrogen and oxygen atoms in total. The number of allylic oxidation sites excluding steroid dienone is 2. The van der Waals surface area contributed by atoms with Crippen molar-refractivity contribution in [1.82, 2.24) is 4.90 Å². The molecule has 1 amide bonds. The van der Waals surface area contributed by atoms with Crippen molar-refractivity contribution >= 4 is 17.2 Å². The van der Waals surface area contributed by atoms with Crippen LogP contribution in [0.4, 0.5) is 4.39 Å². The zero-order chi connectivity index (χ0) is 14.4. The summed E-state index contributed by atoms with van der Waals surface area (Å²) in [5, 5.41) is 20.3. The van der Waals surface area contributed by atoms with Crippen LogP contribution in [0.15, 0.2) is 40.4 Å². The summed E-state index contributed by atoms with van der Waals surface area (Å²) in [6.45, 7) is 1.67. The van der Waals surface area contributed by atoms with Crippen LogP contribution in [0.2, 0.25) is 0 Å². The Labute approximate surface area is 118 Å². The SMILES string of the molecule is CC1=[C]C2=C(F)C(O)=CCC2N1C(=O)c1csc(O)c1. The molecule has 0 bridgehead atoms. The lowest BCUT2D eigenvalue weighted by atomic mass is 9.98. The van der Waals surface area contributed by atoms with E-state index in [4.69, 9.17) is 0 Å². The quantitative estimate of drug-likeness (QED) is 0.836. The van der Waals surface area contributed by atoms with E-state index in [0.717, 1.165) is 11.3 Å². The van der Waals surface area contributed by atoms with Crippen LogP contribution in [0, 0.1) is 6.08 Å². The first-order valence-corrected chi connectivity index (χ1v) is 6.88. The molecule has 6 heteroatoms. The number of thiophene rings is 1. The summed E-state index contributed by atoms with van der Waals surface area (Å²) in [4.78, 5) is 13.9. The van der Waals surface area contributed by atoms with Crippen LogP contribution >= 0.6 is 11.3 Å². The number of rotatable bonds is 1. The number of fused-ring (bicyclic) bond motifs is 1. The highest BCUT2D eigenvalue weighted by molar-refractivity contribution is 7.12. The summed E-state index contributed by atoms with van der Waals surface area (Å²) in [6.07, 6.45) is 4.50. The second-order valence-corrected chi connectivity index (χ2v) is 5.52. The van der Waals surface area contributed by atoms with Crippen LogP contribution < -0.4 is 0 Å². The number of hydrogen-bond acceptors (Lipinski definition) is 4. The molecule has 0 fully saturated rings. The Morgan fingerprint density at radius 1 is 1.55 bits per heavy atom. The number of carbonyl (C=O) groups excluding carboxylic acids is 1. The molecule has 103 valence electrons. The van der Waals surface area contributed by atoms with Gasteiger partial charge in [-0.15, -0.1) is 11.3 Å². The zero-order valence-corrected chi connectivity index (χ0v) is 11.4. The molecule has 0 saturated carbocycles. The van der Waals surface area contributed by atoms with E-state index in [0.29, 0.717) is 17.7 Å². The average Bonchev–Trinajstić information content (AvgIpc) is 2.97. The van der Waals surface area contributed by atoms with Gasteiger partial charge in [-0.3, -0.25) is 4.79 Å². The molecule has 0 aromatic carbocycles. The van der Waals surface area contributed by atoms with Gasteiger partial charge in [0.05, 0.1) is 11.6 Å². The second-order valence-electron chi connectivity index (χ2n) is 4.63. The van der Waals surface area contributed by atoms with Crippen LogP contribution in [0.25, 0.3) is 0 Å². The molecular weight excluding hydrogens is 281 g/mol. The molecule has 1 atom stereocenters. The number of aromatic hydroxyl groups is 1. The molecule has 0 spiro atoms. The van der Waals surface area contributed by atoms with Crippen molar-refractivity contribution in [1.29, 1.82) is 0 Å². The standard InChI is InChI=1S/C14H11FNO3S/c1-7-4-9-10(2-3-11(17)13(9)15)16(7)14(19)8-5-12(18)20-6-8/h3,5-6,10,17-18H,2H2,1H3. The maximum atomic E-state index is 13.9. The third-order valence-electron chi connectivity index (χ3n) is 3.37. The van der Waals surface area contributed by atoms with Crippen molar-refractivity contribution in [3.05, 3.63) is 52.0 Å². The Morgan fingerprint density at radius 3 is 2.95 bits per heavy atom. The second kappa shape index (κ2) is 4.49. The Bertz CT molecular complexity index is 686. The molecule has 1 aliphatic carbocycles. The summed E-state index contributed by atoms with van der Waals surface area (Å²) in [5.41, 5.74) is 1.06. The minimum absolute atomic E-state index is 0.0567. The predicted octanol–water partition coefficient (Wildman–Crippen LogP) is 3.05. The highest BCUT2D eigenvalue weighted by atomic mass is 32.1. The van der Waals surface area contributed by atoms with Gasteiger partial charge >= 0.3 is 0 Å². The van der Waals surface area contributed by atoms with Crippen molar-refractivity contribution in [2.75, 3.05) is 0 Å². The predicted molar refractivity (Wildman–Crippen MR) is 71.8 cm³/mol. The Balaban J connectivity index is 1.97. The first-order valence-electron chi connectivity index (χ1n) is 6.00. The fourth-order valence-corrected chi connectivity index (χ4v) is 3.06. The fraction of sp³-hybridized carbons (Fsp3) is 0.214. The van der Waals surface area contributed by atoms with Crippen LogP contribution in [0.1, 0.15) is 23.7 Å². The van der Waals surface area contributed by atoms with Gasteiger partial charge in [-0.25, -0.2) is 4.39 Å². The maximum Gasteiger partial charge on any atom is 0.259 e. The van der Waals surface area contributed by atoms with Gasteiger partial charge < -0.3 is 15.1 Å². The van der Waals surface area contributed by atoms with Crippen LogP contribution in [0.5, 0.6) is 5.06 Å². The van der Waals surface area contributed by atoms with Crippen LogP contribution in [-0.4, -0.2) is 27.1 Å². The lowest BCUT2D eigenvalue weighted by Crippen LogP contribution is -2.36. The van der Waals surface area contributed by atoms with Gasteiger partial charge in [0.15, 0.2) is 10.9 Å². The number of nitrogens with zero attached hydrogens (tertiary/aromatic N) is 1. The van der Waals surface area contributed by atoms with Gasteiger partial charge in [-0.1, -0.05) is 0 Å². The summed E-state index contributed by atoms with van der Waals surface area (Å²) in [5.74, 6) is -1.45. The summed E-state index contributed by atoms with van der Waals surface area (Å²) in [6, 6.07) is 0.898. The molecule has 1 aromatic rings. The molecule has 3 rings (SSSR count). The number of aliphatic hydroxyl groups excluding tert-OH is 1. The van der Waals surface area contributed by atoms with Crippen molar-refractivity contribution in [3.63, 3.8) is 0 Å². The average molecular weight is 292 g/mol. The van der Waals surface area contributed by atoms with E-state index in [9.17, 15) is 19.4 Å². The molecule has 2 aliphatic rings. The highest BCUT2D eigenvalue weighted by Gasteiger charge is 2.38. The smallest absolute Gasteiger partial charge is 0.259 e. The van der Waals surface area contributed by atoms with Crippen molar-refractivity contribution in [2.45, 2.75) is 19.4 Å². The monoisotopic (exact) mass is 292 g/mol. The maximum absolute atomic E-state index is 13.9. The van der Waals surface area contributed by atoms with Gasteiger partial charge in [0, 0.05) is 28.8 Å². The van der Waals surface area contributed by atoms with Crippen molar-refractivity contribution < 1.29 is 19.4 Å². The first kappa shape index (κ1) is 12.9. The van der Waals surface area contributed by atoms with E-state index >= 15 is 0 Å². The summed E-state index contributed by atoms with van der Waals surface area (Å²) < 4.78 is 13.9. The number of hydrogen-bond donors (Lipinski definition) is 2. The van der Waals surface area contributed by atoms with Gasteiger partial charge in [0.2, 0.25) is 0 Å². The Kier molecular flexibility index (Phi) is 2.90. The Morgan fingerprint density at radius 2 is 2.30 bits per heavy atom. The van der Waals surface area contributed by atoms with E-state index in [-0.39, 0.29) is 16.5 Å². The highest BCUT2D eigenvalue weighted by Crippen LogP contribution is 2.37. The summed E-state index contributed by atoms with van der Waals surface area (Å²) in [7, 11) is 0. The Hall–Kier alpha value is -2.08. The van der Waals surface area contributed by atoms with Gasteiger partial charge in [-0.2, -0.15) is 0 Å². The van der Waals surface area contributed by atoms with Crippen LogP contribution in [-0.2, 0) is 0 Å². The zero-order valence-electron chi connectivity index (χ0n) is 10.6. The number of halogens is 1. The molecule has 0 saturated heterocycles. The van der Waals surface area contributed by atoms with E-state index in [1.54, 1.807) is 12.3 Å². The lowest BCUT2D eigenvalue weighted by molar-refractivity contribution is 0.0779. The van der Waals surface area contributed by atoms with E-state index < -0.39 is 17.6 Å². The molecular formula is C14H11FNO3S. The van der Waals surface area contributed by atoms with E-state index in [2.05, 4.69) is 6.08 Å². The number of aliphatic hydroxyl groups is 1. The topological polar surface area (TPSA) is 60.8 Å². The number of carbonyl (C=O) groups is 1. The van der Waals surface area contributed by atoms with Gasteiger partial charge in [0.1, 0.15) is 5.76 Å². The van der Waals surface area contributed by atoms with E-state index in [1.807, 2.05) is 0 Å². The first-order chi connectivity index (χ1) is 9.49. The third kappa shape index (κ3) is 1.84. The molecule has 2 heterocycles. The molecule has 1 aliphatic heterocycles. The van der Waals surface area contributed by atoms with Crippen LogP contribution in [0.3, 0.4) is 0 Å². The van der Waals surface area contributed by atoms with Gasteiger partial charge in [0.25, 0.3) is 5.91 Å². The van der Waals surface area contributed by atoms with Crippen molar-refractivity contribution in [2.24, 2.45) is 0 Å². The lowest BCUT2D eigenvalue weighted by Gasteiger charge is -2.28. The molecule has 1 radical (unpaired) electrons. The van der Waals surface area contributed by atoms with E-state index in [1.165, 1.54) is 17.0 Å². The van der Waals surface area contributed by atoms with Crippen molar-refractivity contribution in [3.8, 4) is 5.06 Å². The molecule has 1 aromatic heterocycles. The fourth-order valence-electron chi connectivity index (χ4n) is 2.45. The molecule has 1 unspecified atom stereocenters. The number of amides is 1. The molecule has 2 N–H and O–H groups in total. The minimum atomic E-state index is -0.732.